The Morgan fingerprint density at radius 2 is 1.68 bits per heavy atom. The molecule has 2 N–H and O–H groups in total. The number of aryl methyl sites for hydroxylation is 1. The van der Waals surface area contributed by atoms with Gasteiger partial charge in [0.1, 0.15) is 17.6 Å². The van der Waals surface area contributed by atoms with Crippen LogP contribution in [-0.2, 0) is 11.2 Å². The first-order valence-corrected chi connectivity index (χ1v) is 14.1. The molecule has 1 aliphatic carbocycles. The Morgan fingerprint density at radius 3 is 2.40 bits per heavy atom. The molecule has 0 unspecified atom stereocenters. The summed E-state index contributed by atoms with van der Waals surface area (Å²) in [5.74, 6) is -0.890. The van der Waals surface area contributed by atoms with E-state index in [1.54, 1.807) is 23.1 Å². The van der Waals surface area contributed by atoms with Gasteiger partial charge in [0.15, 0.2) is 0 Å². The summed E-state index contributed by atoms with van der Waals surface area (Å²) in [7, 11) is 0. The fourth-order valence-electron chi connectivity index (χ4n) is 5.57. The molecule has 40 heavy (non-hydrogen) atoms. The zero-order valence-corrected chi connectivity index (χ0v) is 22.9. The average Bonchev–Trinajstić information content (AvgIpc) is 3.47. The van der Waals surface area contributed by atoms with Crippen LogP contribution in [0.2, 0.25) is 0 Å². The number of rotatable bonds is 9. The minimum Gasteiger partial charge on any atom is -0.351 e. The molecule has 1 saturated carbocycles. The van der Waals surface area contributed by atoms with Gasteiger partial charge in [-0.15, -0.1) is 0 Å². The van der Waals surface area contributed by atoms with Crippen molar-refractivity contribution in [3.8, 4) is 11.3 Å². The predicted octanol–water partition coefficient (Wildman–Crippen LogP) is 7.00. The molecule has 0 aliphatic heterocycles. The number of hydrogen-bond acceptors (Lipinski definition) is 2. The van der Waals surface area contributed by atoms with Crippen LogP contribution in [0.15, 0.2) is 91.0 Å². The molecule has 0 spiro atoms. The van der Waals surface area contributed by atoms with Gasteiger partial charge in [0.05, 0.1) is 0 Å². The molecule has 1 heterocycles. The standard InChI is InChI=1S/C34H36FN3O2/c1-24-9-8-10-25(23-24)21-22-38(34(40)31-20-19-30(37-31)26-11-4-2-5-12-26)32(27-15-17-28(35)18-16-27)33(39)36-29-13-6-3-7-14-29/h2,4-5,8-12,15-20,23,29,32,37H,3,6-7,13-14,21-22H2,1H3,(H,36,39)/t32-/m1/s1. The third-order valence-electron chi connectivity index (χ3n) is 7.68. The topological polar surface area (TPSA) is 65.2 Å². The average molecular weight is 538 g/mol. The van der Waals surface area contributed by atoms with Crippen LogP contribution in [0.5, 0.6) is 0 Å². The molecule has 5 nitrogen and oxygen atoms in total. The molecule has 1 aliphatic rings. The van der Waals surface area contributed by atoms with Gasteiger partial charge in [0.2, 0.25) is 5.91 Å². The minimum absolute atomic E-state index is 0.0769. The molecular weight excluding hydrogens is 501 g/mol. The number of H-pyrrole nitrogens is 1. The van der Waals surface area contributed by atoms with Crippen LogP contribution in [0, 0.1) is 12.7 Å². The van der Waals surface area contributed by atoms with E-state index in [0.717, 1.165) is 48.1 Å². The van der Waals surface area contributed by atoms with Gasteiger partial charge in [-0.05, 0) is 67.1 Å². The highest BCUT2D eigenvalue weighted by atomic mass is 19.1. The van der Waals surface area contributed by atoms with Crippen LogP contribution in [0.3, 0.4) is 0 Å². The SMILES string of the molecule is Cc1cccc(CCN(C(=O)c2ccc(-c3ccccc3)[nH]2)[C@@H](C(=O)NC2CCCCC2)c2ccc(F)cc2)c1. The number of nitrogens with one attached hydrogen (secondary N) is 2. The first kappa shape index (κ1) is 27.4. The lowest BCUT2D eigenvalue weighted by atomic mass is 9.94. The molecule has 5 rings (SSSR count). The quantitative estimate of drug-likeness (QED) is 0.241. The number of aromatic nitrogens is 1. The summed E-state index contributed by atoms with van der Waals surface area (Å²) < 4.78 is 13.9. The lowest BCUT2D eigenvalue weighted by molar-refractivity contribution is -0.126. The summed E-state index contributed by atoms with van der Waals surface area (Å²) in [6.07, 6.45) is 5.76. The van der Waals surface area contributed by atoms with Crippen molar-refractivity contribution in [3.05, 3.63) is 119 Å². The van der Waals surface area contributed by atoms with Crippen molar-refractivity contribution < 1.29 is 14.0 Å². The second kappa shape index (κ2) is 12.8. The number of carbonyl (C=O) groups excluding carboxylic acids is 2. The number of nitrogens with zero attached hydrogens (tertiary/aromatic N) is 1. The van der Waals surface area contributed by atoms with Crippen molar-refractivity contribution in [2.45, 2.75) is 57.5 Å². The van der Waals surface area contributed by atoms with Crippen LogP contribution in [0.25, 0.3) is 11.3 Å². The van der Waals surface area contributed by atoms with Crippen molar-refractivity contribution in [2.75, 3.05) is 6.54 Å². The van der Waals surface area contributed by atoms with Gasteiger partial charge >= 0.3 is 0 Å². The highest BCUT2D eigenvalue weighted by molar-refractivity contribution is 5.97. The van der Waals surface area contributed by atoms with E-state index in [1.807, 2.05) is 61.5 Å². The van der Waals surface area contributed by atoms with E-state index in [0.29, 0.717) is 24.2 Å². The molecule has 206 valence electrons. The van der Waals surface area contributed by atoms with Gasteiger partial charge in [-0.3, -0.25) is 9.59 Å². The van der Waals surface area contributed by atoms with Crippen molar-refractivity contribution >= 4 is 11.8 Å². The van der Waals surface area contributed by atoms with Crippen LogP contribution >= 0.6 is 0 Å². The summed E-state index contributed by atoms with van der Waals surface area (Å²) >= 11 is 0. The maximum absolute atomic E-state index is 14.2. The smallest absolute Gasteiger partial charge is 0.271 e. The van der Waals surface area contributed by atoms with E-state index in [1.165, 1.54) is 18.6 Å². The minimum atomic E-state index is -0.900. The molecular formula is C34H36FN3O2. The molecule has 1 aromatic heterocycles. The summed E-state index contributed by atoms with van der Waals surface area (Å²) in [5.41, 5.74) is 5.01. The Bertz CT molecular complexity index is 1430. The zero-order valence-electron chi connectivity index (χ0n) is 22.9. The Morgan fingerprint density at radius 1 is 0.925 bits per heavy atom. The maximum Gasteiger partial charge on any atom is 0.271 e. The van der Waals surface area contributed by atoms with E-state index < -0.39 is 6.04 Å². The van der Waals surface area contributed by atoms with Crippen LogP contribution in [0.1, 0.15) is 65.3 Å². The maximum atomic E-state index is 14.2. The fraction of sp³-hybridized carbons (Fsp3) is 0.294. The first-order valence-electron chi connectivity index (χ1n) is 14.1. The van der Waals surface area contributed by atoms with Crippen LogP contribution < -0.4 is 5.32 Å². The van der Waals surface area contributed by atoms with Crippen LogP contribution in [-0.4, -0.2) is 34.3 Å². The van der Waals surface area contributed by atoms with Gasteiger partial charge in [0.25, 0.3) is 5.91 Å². The molecule has 1 fully saturated rings. The van der Waals surface area contributed by atoms with Crippen molar-refractivity contribution in [1.29, 1.82) is 0 Å². The fourth-order valence-corrected chi connectivity index (χ4v) is 5.57. The third-order valence-corrected chi connectivity index (χ3v) is 7.68. The van der Waals surface area contributed by atoms with Crippen LogP contribution in [0.4, 0.5) is 4.39 Å². The predicted molar refractivity (Wildman–Crippen MR) is 156 cm³/mol. The van der Waals surface area contributed by atoms with E-state index in [-0.39, 0.29) is 23.7 Å². The number of benzene rings is 3. The Kier molecular flexibility index (Phi) is 8.74. The van der Waals surface area contributed by atoms with Gasteiger partial charge in [-0.2, -0.15) is 0 Å². The van der Waals surface area contributed by atoms with Gasteiger partial charge in [-0.1, -0.05) is 91.6 Å². The van der Waals surface area contributed by atoms with Crippen molar-refractivity contribution in [1.82, 2.24) is 15.2 Å². The van der Waals surface area contributed by atoms with Gasteiger partial charge in [0, 0.05) is 18.3 Å². The molecule has 2 amide bonds. The second-order valence-corrected chi connectivity index (χ2v) is 10.7. The van der Waals surface area contributed by atoms with E-state index >= 15 is 0 Å². The molecule has 0 saturated heterocycles. The van der Waals surface area contributed by atoms with Crippen molar-refractivity contribution in [2.24, 2.45) is 0 Å². The summed E-state index contributed by atoms with van der Waals surface area (Å²) in [5, 5.41) is 3.22. The lowest BCUT2D eigenvalue weighted by Gasteiger charge is -2.33. The Balaban J connectivity index is 1.50. The third kappa shape index (κ3) is 6.68. The normalized spacial score (nSPS) is 14.4. The summed E-state index contributed by atoms with van der Waals surface area (Å²) in [4.78, 5) is 33.1. The Labute approximate surface area is 235 Å². The summed E-state index contributed by atoms with van der Waals surface area (Å²) in [6, 6.07) is 26.7. The molecule has 1 atom stereocenters. The molecule has 0 radical (unpaired) electrons. The summed E-state index contributed by atoms with van der Waals surface area (Å²) in [6.45, 7) is 2.36. The van der Waals surface area contributed by atoms with Gasteiger partial charge < -0.3 is 15.2 Å². The van der Waals surface area contributed by atoms with Crippen molar-refractivity contribution in [3.63, 3.8) is 0 Å². The number of aromatic amines is 1. The van der Waals surface area contributed by atoms with E-state index in [4.69, 9.17) is 0 Å². The largest absolute Gasteiger partial charge is 0.351 e. The second-order valence-electron chi connectivity index (χ2n) is 10.7. The van der Waals surface area contributed by atoms with E-state index in [2.05, 4.69) is 16.4 Å². The molecule has 4 aromatic rings. The highest BCUT2D eigenvalue weighted by Gasteiger charge is 2.34. The number of carbonyl (C=O) groups is 2. The van der Waals surface area contributed by atoms with Gasteiger partial charge in [-0.25, -0.2) is 4.39 Å². The number of halogens is 1. The molecule has 3 aromatic carbocycles. The molecule has 0 bridgehead atoms. The number of amides is 2. The monoisotopic (exact) mass is 537 g/mol. The molecule has 6 heteroatoms. The Hall–Kier alpha value is -4.19. The highest BCUT2D eigenvalue weighted by Crippen LogP contribution is 2.27. The lowest BCUT2D eigenvalue weighted by Crippen LogP contribution is -2.47. The first-order chi connectivity index (χ1) is 19.5. The number of hydrogen-bond donors (Lipinski definition) is 2. The zero-order chi connectivity index (χ0) is 27.9. The van der Waals surface area contributed by atoms with E-state index in [9.17, 15) is 14.0 Å².